The van der Waals surface area contributed by atoms with Gasteiger partial charge in [-0.15, -0.1) is 0 Å². The third kappa shape index (κ3) is 3.04. The molecule has 0 radical (unpaired) electrons. The molecule has 1 atom stereocenters. The zero-order valence-corrected chi connectivity index (χ0v) is 12.7. The Morgan fingerprint density at radius 3 is 2.25 bits per heavy atom. The number of carbonyl (C=O) groups is 1. The van der Waals surface area contributed by atoms with E-state index in [1.165, 1.54) is 16.7 Å². The van der Waals surface area contributed by atoms with Crippen molar-refractivity contribution in [1.29, 1.82) is 0 Å². The molecule has 0 heterocycles. The molecular formula is C17H25NO2. The number of rotatable bonds is 6. The summed E-state index contributed by atoms with van der Waals surface area (Å²) in [6.07, 6.45) is 3.57. The zero-order valence-electron chi connectivity index (χ0n) is 12.7. The van der Waals surface area contributed by atoms with Crippen molar-refractivity contribution in [2.45, 2.75) is 46.5 Å². The van der Waals surface area contributed by atoms with E-state index in [1.807, 2.05) is 0 Å². The third-order valence-electron chi connectivity index (χ3n) is 4.58. The highest BCUT2D eigenvalue weighted by Crippen LogP contribution is 2.42. The van der Waals surface area contributed by atoms with E-state index in [1.54, 1.807) is 0 Å². The molecule has 0 spiro atoms. The lowest BCUT2D eigenvalue weighted by atomic mass is 9.75. The number of carboxylic acids is 1. The molecule has 3 N–H and O–H groups in total. The lowest BCUT2D eigenvalue weighted by Crippen LogP contribution is -2.41. The molecule has 0 bridgehead atoms. The number of nitrogens with two attached hydrogens (primary N) is 1. The van der Waals surface area contributed by atoms with Crippen LogP contribution in [0.3, 0.4) is 0 Å². The third-order valence-corrected chi connectivity index (χ3v) is 4.58. The highest BCUT2D eigenvalue weighted by molar-refractivity contribution is 5.75. The summed E-state index contributed by atoms with van der Waals surface area (Å²) in [7, 11) is 0. The van der Waals surface area contributed by atoms with E-state index in [4.69, 9.17) is 5.73 Å². The van der Waals surface area contributed by atoms with Gasteiger partial charge in [-0.1, -0.05) is 30.5 Å². The van der Waals surface area contributed by atoms with Crippen molar-refractivity contribution < 1.29 is 9.90 Å². The van der Waals surface area contributed by atoms with Crippen LogP contribution >= 0.6 is 0 Å². The van der Waals surface area contributed by atoms with Gasteiger partial charge in [0.15, 0.2) is 0 Å². The Balaban J connectivity index is 2.34. The number of hydrogen-bond donors (Lipinski definition) is 2. The molecule has 1 aliphatic carbocycles. The van der Waals surface area contributed by atoms with Crippen molar-refractivity contribution in [3.63, 3.8) is 0 Å². The summed E-state index contributed by atoms with van der Waals surface area (Å²) in [5.74, 6) is -0.188. The minimum atomic E-state index is -0.800. The van der Waals surface area contributed by atoms with Gasteiger partial charge in [-0.3, -0.25) is 4.79 Å². The van der Waals surface area contributed by atoms with Crippen LogP contribution in [0.15, 0.2) is 12.1 Å². The molecule has 1 aromatic rings. The predicted molar refractivity (Wildman–Crippen MR) is 80.8 cm³/mol. The highest BCUT2D eigenvalue weighted by Gasteiger charge is 2.42. The fraction of sp³-hybridized carbons (Fsp3) is 0.588. The van der Waals surface area contributed by atoms with E-state index >= 15 is 0 Å². The maximum atomic E-state index is 11.8. The van der Waals surface area contributed by atoms with Crippen LogP contribution in [-0.4, -0.2) is 17.6 Å². The number of benzene rings is 1. The van der Waals surface area contributed by atoms with Gasteiger partial charge < -0.3 is 10.8 Å². The average Bonchev–Trinajstić information content (AvgIpc) is 3.15. The van der Waals surface area contributed by atoms with Crippen molar-refractivity contribution in [2.24, 2.45) is 17.1 Å². The monoisotopic (exact) mass is 275 g/mol. The first kappa shape index (κ1) is 15.0. The molecule has 2 rings (SSSR count). The van der Waals surface area contributed by atoms with E-state index in [-0.39, 0.29) is 6.54 Å². The van der Waals surface area contributed by atoms with Crippen molar-refractivity contribution in [3.05, 3.63) is 34.4 Å². The Morgan fingerprint density at radius 1 is 1.30 bits per heavy atom. The molecule has 3 nitrogen and oxygen atoms in total. The molecule has 1 saturated carbocycles. The van der Waals surface area contributed by atoms with Crippen LogP contribution in [0.25, 0.3) is 0 Å². The Morgan fingerprint density at radius 2 is 1.85 bits per heavy atom. The molecule has 0 aliphatic heterocycles. The van der Waals surface area contributed by atoms with Crippen LogP contribution < -0.4 is 5.73 Å². The molecule has 110 valence electrons. The molecule has 0 amide bonds. The average molecular weight is 275 g/mol. The van der Waals surface area contributed by atoms with Gasteiger partial charge in [-0.25, -0.2) is 0 Å². The van der Waals surface area contributed by atoms with E-state index in [0.717, 1.165) is 18.4 Å². The molecule has 0 saturated heterocycles. The van der Waals surface area contributed by atoms with Crippen LogP contribution in [-0.2, 0) is 11.2 Å². The van der Waals surface area contributed by atoms with Gasteiger partial charge in [0.05, 0.1) is 5.41 Å². The summed E-state index contributed by atoms with van der Waals surface area (Å²) in [4.78, 5) is 11.8. The summed E-state index contributed by atoms with van der Waals surface area (Å²) < 4.78 is 0. The summed E-state index contributed by atoms with van der Waals surface area (Å²) in [5, 5.41) is 9.72. The van der Waals surface area contributed by atoms with Gasteiger partial charge in [0, 0.05) is 6.54 Å². The Kier molecular flexibility index (Phi) is 4.19. The quantitative estimate of drug-likeness (QED) is 0.839. The van der Waals surface area contributed by atoms with Gasteiger partial charge in [0.25, 0.3) is 0 Å². The van der Waals surface area contributed by atoms with Gasteiger partial charge in [-0.2, -0.15) is 0 Å². The summed E-state index contributed by atoms with van der Waals surface area (Å²) in [6, 6.07) is 4.26. The molecule has 1 aliphatic rings. The van der Waals surface area contributed by atoms with Gasteiger partial charge in [0.2, 0.25) is 0 Å². The number of aryl methyl sites for hydroxylation is 3. The number of hydrogen-bond acceptors (Lipinski definition) is 2. The van der Waals surface area contributed by atoms with Crippen molar-refractivity contribution >= 4 is 5.97 Å². The molecule has 1 aromatic carbocycles. The maximum absolute atomic E-state index is 11.8. The minimum absolute atomic E-state index is 0.214. The number of aliphatic carboxylic acids is 1. The Hall–Kier alpha value is -1.35. The lowest BCUT2D eigenvalue weighted by Gasteiger charge is -2.29. The van der Waals surface area contributed by atoms with E-state index < -0.39 is 11.4 Å². The van der Waals surface area contributed by atoms with E-state index in [9.17, 15) is 9.90 Å². The molecule has 0 aromatic heterocycles. The fourth-order valence-electron chi connectivity index (χ4n) is 3.18. The molecule has 1 unspecified atom stereocenters. The Bertz CT molecular complexity index is 497. The van der Waals surface area contributed by atoms with Crippen LogP contribution in [0.1, 0.15) is 41.5 Å². The van der Waals surface area contributed by atoms with Crippen LogP contribution in [0.5, 0.6) is 0 Å². The van der Waals surface area contributed by atoms with Gasteiger partial charge >= 0.3 is 5.97 Å². The minimum Gasteiger partial charge on any atom is -0.481 e. The van der Waals surface area contributed by atoms with Crippen molar-refractivity contribution in [2.75, 3.05) is 6.54 Å². The first-order valence-electron chi connectivity index (χ1n) is 7.38. The fourth-order valence-corrected chi connectivity index (χ4v) is 3.18. The smallest absolute Gasteiger partial charge is 0.311 e. The lowest BCUT2D eigenvalue weighted by molar-refractivity contribution is -0.149. The topological polar surface area (TPSA) is 63.3 Å². The van der Waals surface area contributed by atoms with Crippen LogP contribution in [0.4, 0.5) is 0 Å². The molecule has 20 heavy (non-hydrogen) atoms. The summed E-state index contributed by atoms with van der Waals surface area (Å²) in [5.41, 5.74) is 9.82. The maximum Gasteiger partial charge on any atom is 0.311 e. The summed E-state index contributed by atoms with van der Waals surface area (Å²) in [6.45, 7) is 6.41. The van der Waals surface area contributed by atoms with Gasteiger partial charge in [-0.05, 0) is 56.2 Å². The van der Waals surface area contributed by atoms with Crippen molar-refractivity contribution in [1.82, 2.24) is 0 Å². The SMILES string of the molecule is Cc1cc(C)c(CC(CN)(CC2CC2)C(=O)O)c(C)c1. The second-order valence-corrected chi connectivity index (χ2v) is 6.49. The second-order valence-electron chi connectivity index (χ2n) is 6.49. The van der Waals surface area contributed by atoms with Crippen LogP contribution in [0, 0.1) is 32.1 Å². The van der Waals surface area contributed by atoms with Gasteiger partial charge in [0.1, 0.15) is 0 Å². The number of carboxylic acid groups (broad SMARTS) is 1. The normalized spacial score (nSPS) is 17.8. The largest absolute Gasteiger partial charge is 0.481 e. The van der Waals surface area contributed by atoms with E-state index in [2.05, 4.69) is 32.9 Å². The first-order valence-corrected chi connectivity index (χ1v) is 7.38. The first-order chi connectivity index (χ1) is 9.38. The van der Waals surface area contributed by atoms with Crippen molar-refractivity contribution in [3.8, 4) is 0 Å². The van der Waals surface area contributed by atoms with Crippen LogP contribution in [0.2, 0.25) is 0 Å². The standard InChI is InChI=1S/C17H25NO2/c1-11-6-12(2)15(13(3)7-11)9-17(10-18,16(19)20)8-14-4-5-14/h6-7,14H,4-5,8-10,18H2,1-3H3,(H,19,20). The molecule has 3 heteroatoms. The predicted octanol–water partition coefficient (Wildman–Crippen LogP) is 2.98. The van der Waals surface area contributed by atoms with E-state index in [0.29, 0.717) is 18.8 Å². The Labute approximate surface area is 121 Å². The highest BCUT2D eigenvalue weighted by atomic mass is 16.4. The summed E-state index contributed by atoms with van der Waals surface area (Å²) >= 11 is 0. The molecular weight excluding hydrogens is 250 g/mol. The zero-order chi connectivity index (χ0) is 14.9. The molecule has 1 fully saturated rings. The second kappa shape index (κ2) is 5.57.